The highest BCUT2D eigenvalue weighted by atomic mass is 19.1. The molecule has 3 fully saturated rings. The van der Waals surface area contributed by atoms with Crippen LogP contribution in [0.3, 0.4) is 0 Å². The van der Waals surface area contributed by atoms with Crippen LogP contribution in [0.25, 0.3) is 5.52 Å². The lowest BCUT2D eigenvalue weighted by Crippen LogP contribution is -2.62. The van der Waals surface area contributed by atoms with Gasteiger partial charge in [0.2, 0.25) is 0 Å². The topological polar surface area (TPSA) is 72.5 Å². The molecule has 3 saturated heterocycles. The summed E-state index contributed by atoms with van der Waals surface area (Å²) in [4.78, 5) is 9.42. The summed E-state index contributed by atoms with van der Waals surface area (Å²) in [5, 5.41) is 13.5. The fourth-order valence-electron chi connectivity index (χ4n) is 6.79. The maximum atomic E-state index is 14.7. The third-order valence-corrected chi connectivity index (χ3v) is 8.75. The minimum absolute atomic E-state index is 0.00267. The zero-order chi connectivity index (χ0) is 26.7. The van der Waals surface area contributed by atoms with E-state index in [-0.39, 0.29) is 17.8 Å². The van der Waals surface area contributed by atoms with Crippen molar-refractivity contribution < 1.29 is 13.9 Å². The predicted octanol–water partition coefficient (Wildman–Crippen LogP) is 2.43. The van der Waals surface area contributed by atoms with E-state index >= 15 is 0 Å². The van der Waals surface area contributed by atoms with Crippen molar-refractivity contribution in [1.29, 1.82) is 5.26 Å². The summed E-state index contributed by atoms with van der Waals surface area (Å²) in [6.07, 6.45) is 1.15. The van der Waals surface area contributed by atoms with Crippen LogP contribution in [0.1, 0.15) is 23.7 Å². The molecule has 0 amide bonds. The molecule has 0 radical (unpaired) electrons. The van der Waals surface area contributed by atoms with Crippen molar-refractivity contribution in [1.82, 2.24) is 19.4 Å². The number of morpholine rings is 1. The number of anilines is 2. The highest BCUT2D eigenvalue weighted by Gasteiger charge is 2.50. The molecule has 4 aliphatic heterocycles. The lowest BCUT2D eigenvalue weighted by Gasteiger charge is -2.50. The van der Waals surface area contributed by atoms with Crippen molar-refractivity contribution >= 4 is 16.9 Å². The molecule has 7 rings (SSSR count). The molecule has 2 aromatic heterocycles. The first-order valence-corrected chi connectivity index (χ1v) is 13.8. The van der Waals surface area contributed by atoms with Crippen molar-refractivity contribution in [2.45, 2.75) is 31.3 Å². The van der Waals surface area contributed by atoms with Crippen LogP contribution < -0.4 is 9.80 Å². The molecule has 0 bridgehead atoms. The second-order valence-corrected chi connectivity index (χ2v) is 11.5. The van der Waals surface area contributed by atoms with Crippen LogP contribution in [-0.4, -0.2) is 97.6 Å². The summed E-state index contributed by atoms with van der Waals surface area (Å²) in [6.45, 7) is 10.8. The standard InChI is InChI=1S/C29H34FN7O2/c1-20-14-36(27-6-4-23(12-31)37-28(27)26(30)13-32-37)16-24(39-20)15-34-18-29(19-34)25-5-3-22(11-21(25)17-38-29)35-9-7-33(2)8-10-35/h3-6,11,13,20,24H,7-10,14-19H2,1-2H3/t20-,24+/m1/s1. The van der Waals surface area contributed by atoms with Gasteiger partial charge in [0, 0.05) is 64.6 Å². The summed E-state index contributed by atoms with van der Waals surface area (Å²) >= 11 is 0. The number of benzene rings is 1. The van der Waals surface area contributed by atoms with E-state index in [9.17, 15) is 9.65 Å². The van der Waals surface area contributed by atoms with Crippen LogP contribution in [0.4, 0.5) is 15.8 Å². The molecular formula is C29H34FN7O2. The number of piperazine rings is 1. The van der Waals surface area contributed by atoms with E-state index in [1.165, 1.54) is 27.5 Å². The maximum Gasteiger partial charge on any atom is 0.171 e. The monoisotopic (exact) mass is 531 g/mol. The van der Waals surface area contributed by atoms with Gasteiger partial charge in [0.15, 0.2) is 5.82 Å². The van der Waals surface area contributed by atoms with Crippen LogP contribution in [0.15, 0.2) is 36.5 Å². The van der Waals surface area contributed by atoms with Gasteiger partial charge in [-0.1, -0.05) is 6.07 Å². The molecule has 9 nitrogen and oxygen atoms in total. The first-order valence-electron chi connectivity index (χ1n) is 13.8. The molecule has 204 valence electrons. The first-order chi connectivity index (χ1) is 18.9. The Hall–Kier alpha value is -3.23. The Morgan fingerprint density at radius 1 is 1.10 bits per heavy atom. The number of rotatable bonds is 4. The number of fused-ring (bicyclic) bond motifs is 3. The van der Waals surface area contributed by atoms with Gasteiger partial charge in [-0.25, -0.2) is 8.91 Å². The van der Waals surface area contributed by atoms with Gasteiger partial charge in [0.05, 0.1) is 30.7 Å². The number of aromatic nitrogens is 2. The molecule has 0 N–H and O–H groups in total. The van der Waals surface area contributed by atoms with Crippen LogP contribution in [0.5, 0.6) is 0 Å². The first kappa shape index (κ1) is 24.8. The number of hydrogen-bond acceptors (Lipinski definition) is 8. The number of likely N-dealkylation sites (tertiary alicyclic amines) is 1. The average molecular weight is 532 g/mol. The summed E-state index contributed by atoms with van der Waals surface area (Å²) in [6, 6.07) is 12.5. The van der Waals surface area contributed by atoms with E-state index < -0.39 is 5.82 Å². The van der Waals surface area contributed by atoms with Crippen molar-refractivity contribution in [2.24, 2.45) is 0 Å². The number of ether oxygens (including phenoxy) is 2. The molecule has 0 saturated carbocycles. The highest BCUT2D eigenvalue weighted by Crippen LogP contribution is 2.44. The van der Waals surface area contributed by atoms with Gasteiger partial charge in [-0.05, 0) is 49.4 Å². The van der Waals surface area contributed by atoms with Gasteiger partial charge in [0.25, 0.3) is 0 Å². The second-order valence-electron chi connectivity index (χ2n) is 11.5. The van der Waals surface area contributed by atoms with E-state index in [4.69, 9.17) is 9.47 Å². The Labute approximate surface area is 227 Å². The Kier molecular flexibility index (Phi) is 6.01. The minimum atomic E-state index is -0.421. The quantitative estimate of drug-likeness (QED) is 0.509. The third-order valence-electron chi connectivity index (χ3n) is 8.75. The van der Waals surface area contributed by atoms with Crippen LogP contribution in [0, 0.1) is 17.1 Å². The van der Waals surface area contributed by atoms with Gasteiger partial charge in [-0.3, -0.25) is 4.90 Å². The molecule has 10 heteroatoms. The molecule has 2 atom stereocenters. The lowest BCUT2D eigenvalue weighted by atomic mass is 9.84. The number of halogens is 1. The van der Waals surface area contributed by atoms with E-state index in [0.717, 1.165) is 51.5 Å². The molecule has 1 spiro atoms. The molecule has 0 unspecified atom stereocenters. The van der Waals surface area contributed by atoms with Crippen LogP contribution in [0.2, 0.25) is 0 Å². The second kappa shape index (κ2) is 9.45. The summed E-state index contributed by atoms with van der Waals surface area (Å²) in [7, 11) is 2.18. The van der Waals surface area contributed by atoms with Gasteiger partial charge in [-0.2, -0.15) is 10.4 Å². The largest absolute Gasteiger partial charge is 0.370 e. The van der Waals surface area contributed by atoms with Crippen molar-refractivity contribution in [3.8, 4) is 6.07 Å². The predicted molar refractivity (Wildman–Crippen MR) is 145 cm³/mol. The zero-order valence-electron chi connectivity index (χ0n) is 22.5. The van der Waals surface area contributed by atoms with Crippen molar-refractivity contribution in [3.63, 3.8) is 0 Å². The fourth-order valence-corrected chi connectivity index (χ4v) is 6.79. The molecule has 3 aromatic rings. The highest BCUT2D eigenvalue weighted by molar-refractivity contribution is 5.74. The van der Waals surface area contributed by atoms with E-state index in [1.807, 2.05) is 6.07 Å². The Morgan fingerprint density at radius 2 is 1.92 bits per heavy atom. The van der Waals surface area contributed by atoms with Crippen molar-refractivity contribution in [3.05, 3.63) is 59.2 Å². The summed E-state index contributed by atoms with van der Waals surface area (Å²) in [5.74, 6) is -0.421. The van der Waals surface area contributed by atoms with E-state index in [1.54, 1.807) is 6.07 Å². The molecule has 1 aromatic carbocycles. The van der Waals surface area contributed by atoms with Gasteiger partial charge in [-0.15, -0.1) is 0 Å². The minimum Gasteiger partial charge on any atom is -0.370 e. The lowest BCUT2D eigenvalue weighted by molar-refractivity contribution is -0.155. The fraction of sp³-hybridized carbons (Fsp3) is 0.517. The summed E-state index contributed by atoms with van der Waals surface area (Å²) in [5.41, 5.74) is 5.12. The zero-order valence-corrected chi connectivity index (χ0v) is 22.5. The number of likely N-dealkylation sites (N-methyl/N-ethyl adjacent to an activating group) is 1. The Bertz CT molecular complexity index is 1440. The van der Waals surface area contributed by atoms with Crippen molar-refractivity contribution in [2.75, 3.05) is 75.8 Å². The summed E-state index contributed by atoms with van der Waals surface area (Å²) < 4.78 is 28.8. The van der Waals surface area contributed by atoms with Crippen LogP contribution in [-0.2, 0) is 21.7 Å². The van der Waals surface area contributed by atoms with Gasteiger partial charge >= 0.3 is 0 Å². The SMILES string of the molecule is C[C@@H]1CN(c2ccc(C#N)n3ncc(F)c23)C[C@H](CN2CC3(C2)OCc2cc(N4CCN(C)CC4)ccc23)O1. The molecule has 4 aliphatic rings. The Balaban J connectivity index is 1.03. The van der Waals surface area contributed by atoms with Gasteiger partial charge < -0.3 is 24.2 Å². The average Bonchev–Trinajstić information content (AvgIpc) is 3.49. The number of pyridine rings is 1. The maximum absolute atomic E-state index is 14.7. The van der Waals surface area contributed by atoms with E-state index in [0.29, 0.717) is 30.9 Å². The molecule has 6 heterocycles. The number of hydrogen-bond donors (Lipinski definition) is 0. The van der Waals surface area contributed by atoms with E-state index in [2.05, 4.69) is 62.9 Å². The Morgan fingerprint density at radius 3 is 2.72 bits per heavy atom. The van der Waals surface area contributed by atoms with Gasteiger partial charge in [0.1, 0.15) is 22.9 Å². The normalized spacial score (nSPS) is 25.2. The number of nitriles is 1. The third kappa shape index (κ3) is 4.25. The smallest absolute Gasteiger partial charge is 0.171 e. The van der Waals surface area contributed by atoms with Crippen LogP contribution >= 0.6 is 0 Å². The number of nitrogens with zero attached hydrogens (tertiary/aromatic N) is 7. The molecular weight excluding hydrogens is 497 g/mol. The molecule has 0 aliphatic carbocycles. The molecule has 39 heavy (non-hydrogen) atoms.